The van der Waals surface area contributed by atoms with E-state index in [2.05, 4.69) is 11.9 Å². The molecule has 4 heteroatoms. The molecule has 0 radical (unpaired) electrons. The van der Waals surface area contributed by atoms with Crippen molar-refractivity contribution < 1.29 is 4.92 Å². The molecule has 3 unspecified atom stereocenters. The summed E-state index contributed by atoms with van der Waals surface area (Å²) in [5.41, 5.74) is 2.56. The van der Waals surface area contributed by atoms with Crippen molar-refractivity contribution >= 4 is 5.69 Å². The van der Waals surface area contributed by atoms with Crippen LogP contribution in [-0.4, -0.2) is 17.5 Å². The second-order valence-corrected chi connectivity index (χ2v) is 5.52. The first-order chi connectivity index (χ1) is 9.16. The number of rotatable bonds is 4. The first kappa shape index (κ1) is 12.4. The van der Waals surface area contributed by atoms with Crippen LogP contribution < -0.4 is 5.32 Å². The van der Waals surface area contributed by atoms with Gasteiger partial charge in [0.1, 0.15) is 0 Å². The number of nitrogens with zero attached hydrogens (tertiary/aromatic N) is 1. The average molecular weight is 258 g/mol. The highest BCUT2D eigenvalue weighted by atomic mass is 16.6. The summed E-state index contributed by atoms with van der Waals surface area (Å²) in [6.07, 6.45) is 3.48. The Morgan fingerprint density at radius 1 is 1.47 bits per heavy atom. The molecule has 1 heterocycles. The van der Waals surface area contributed by atoms with E-state index in [4.69, 9.17) is 0 Å². The van der Waals surface area contributed by atoms with Crippen LogP contribution in [0.25, 0.3) is 0 Å². The lowest BCUT2D eigenvalue weighted by molar-refractivity contribution is -0.384. The van der Waals surface area contributed by atoms with Gasteiger partial charge in [0.15, 0.2) is 0 Å². The third-order valence-electron chi connectivity index (χ3n) is 4.28. The molecule has 1 aliphatic carbocycles. The van der Waals surface area contributed by atoms with Crippen LogP contribution in [0.2, 0.25) is 0 Å². The highest BCUT2D eigenvalue weighted by molar-refractivity contribution is 5.40. The van der Waals surface area contributed by atoms with Crippen LogP contribution >= 0.6 is 0 Å². The molecule has 1 aromatic carbocycles. The number of nitro groups is 1. The smallest absolute Gasteiger partial charge is 0.269 e. The lowest BCUT2D eigenvalue weighted by Crippen LogP contribution is -2.24. The van der Waals surface area contributed by atoms with Crippen LogP contribution in [0.15, 0.2) is 36.4 Å². The minimum Gasteiger partial charge on any atom is -0.310 e. The molecule has 100 valence electrons. The predicted octanol–water partition coefficient (Wildman–Crippen LogP) is 3.01. The van der Waals surface area contributed by atoms with Crippen molar-refractivity contribution in [3.05, 3.63) is 52.1 Å². The van der Waals surface area contributed by atoms with E-state index in [1.54, 1.807) is 18.2 Å². The molecular formula is C15H18N2O2. The van der Waals surface area contributed by atoms with Crippen LogP contribution in [0.3, 0.4) is 0 Å². The van der Waals surface area contributed by atoms with Crippen molar-refractivity contribution in [3.63, 3.8) is 0 Å². The van der Waals surface area contributed by atoms with Gasteiger partial charge in [0.05, 0.1) is 4.92 Å². The quantitative estimate of drug-likeness (QED) is 0.513. The van der Waals surface area contributed by atoms with E-state index in [-0.39, 0.29) is 10.6 Å². The second kappa shape index (κ2) is 4.78. The van der Waals surface area contributed by atoms with Crippen LogP contribution in [-0.2, 0) is 0 Å². The van der Waals surface area contributed by atoms with Gasteiger partial charge in [-0.2, -0.15) is 0 Å². The van der Waals surface area contributed by atoms with Crippen molar-refractivity contribution in [2.75, 3.05) is 6.54 Å². The molecule has 0 bridgehead atoms. The van der Waals surface area contributed by atoms with Gasteiger partial charge in [-0.1, -0.05) is 24.3 Å². The molecule has 1 saturated heterocycles. The van der Waals surface area contributed by atoms with Crippen molar-refractivity contribution in [2.24, 2.45) is 5.92 Å². The monoisotopic (exact) mass is 258 g/mol. The number of nitrogens with one attached hydrogen (secondary N) is 1. The van der Waals surface area contributed by atoms with Gasteiger partial charge >= 0.3 is 0 Å². The maximum Gasteiger partial charge on any atom is 0.269 e. The van der Waals surface area contributed by atoms with Gasteiger partial charge in [-0.05, 0) is 43.2 Å². The Bertz CT molecular complexity index is 521. The summed E-state index contributed by atoms with van der Waals surface area (Å²) in [6, 6.07) is 7.48. The minimum atomic E-state index is -0.325. The minimum absolute atomic E-state index is 0.188. The molecule has 0 amide bonds. The molecule has 2 aliphatic rings. The summed E-state index contributed by atoms with van der Waals surface area (Å²) < 4.78 is 0. The second-order valence-electron chi connectivity index (χ2n) is 5.52. The van der Waals surface area contributed by atoms with Gasteiger partial charge in [0.2, 0.25) is 0 Å². The fraction of sp³-hybridized carbons (Fsp3) is 0.467. The van der Waals surface area contributed by atoms with Crippen LogP contribution in [0, 0.1) is 16.0 Å². The summed E-state index contributed by atoms with van der Waals surface area (Å²) in [4.78, 5) is 10.5. The molecule has 3 rings (SSSR count). The Kier molecular flexibility index (Phi) is 3.11. The molecule has 4 nitrogen and oxygen atoms in total. The van der Waals surface area contributed by atoms with Gasteiger partial charge in [-0.15, -0.1) is 0 Å². The molecule has 1 aliphatic heterocycles. The normalized spacial score (nSPS) is 29.2. The number of hydrogen-bond acceptors (Lipinski definition) is 3. The zero-order valence-electron chi connectivity index (χ0n) is 10.8. The summed E-state index contributed by atoms with van der Waals surface area (Å²) >= 11 is 0. The molecule has 0 aromatic heterocycles. The van der Waals surface area contributed by atoms with E-state index in [0.717, 1.165) is 18.5 Å². The largest absolute Gasteiger partial charge is 0.310 e. The zero-order chi connectivity index (χ0) is 13.4. The highest BCUT2D eigenvalue weighted by Crippen LogP contribution is 2.53. The maximum atomic E-state index is 10.8. The lowest BCUT2D eigenvalue weighted by atomic mass is 9.99. The summed E-state index contributed by atoms with van der Waals surface area (Å²) in [7, 11) is 0. The SMILES string of the molecule is C=C(C1CCCN1)C1CC1c1cccc([N+](=O)[O-])c1. The summed E-state index contributed by atoms with van der Waals surface area (Å²) in [6.45, 7) is 5.32. The molecular weight excluding hydrogens is 240 g/mol. The molecule has 3 atom stereocenters. The fourth-order valence-corrected chi connectivity index (χ4v) is 3.10. The van der Waals surface area contributed by atoms with Gasteiger partial charge in [0, 0.05) is 18.2 Å². The van der Waals surface area contributed by atoms with E-state index in [1.807, 2.05) is 6.07 Å². The third-order valence-corrected chi connectivity index (χ3v) is 4.28. The standard InChI is InChI=1S/C15H18N2O2/c1-10(15-6-3-7-16-15)13-9-14(13)11-4-2-5-12(8-11)17(18)19/h2,4-5,8,13-16H,1,3,6-7,9H2. The number of non-ortho nitro benzene ring substituents is 1. The summed E-state index contributed by atoms with van der Waals surface area (Å²) in [5, 5.41) is 14.3. The number of benzene rings is 1. The highest BCUT2D eigenvalue weighted by Gasteiger charge is 2.42. The van der Waals surface area contributed by atoms with Crippen molar-refractivity contribution in [3.8, 4) is 0 Å². The Labute approximate surface area is 112 Å². The van der Waals surface area contributed by atoms with Gasteiger partial charge in [-0.25, -0.2) is 0 Å². The van der Waals surface area contributed by atoms with Crippen LogP contribution in [0.4, 0.5) is 5.69 Å². The Morgan fingerprint density at radius 3 is 3.00 bits per heavy atom. The van der Waals surface area contributed by atoms with E-state index >= 15 is 0 Å². The van der Waals surface area contributed by atoms with E-state index in [9.17, 15) is 10.1 Å². The van der Waals surface area contributed by atoms with Gasteiger partial charge in [0.25, 0.3) is 5.69 Å². The molecule has 19 heavy (non-hydrogen) atoms. The molecule has 1 aromatic rings. The summed E-state index contributed by atoms with van der Waals surface area (Å²) in [5.74, 6) is 0.924. The van der Waals surface area contributed by atoms with Gasteiger partial charge < -0.3 is 5.32 Å². The van der Waals surface area contributed by atoms with Crippen molar-refractivity contribution in [1.29, 1.82) is 0 Å². The predicted molar refractivity (Wildman–Crippen MR) is 74.1 cm³/mol. The lowest BCUT2D eigenvalue weighted by Gasteiger charge is -2.13. The van der Waals surface area contributed by atoms with Crippen molar-refractivity contribution in [2.45, 2.75) is 31.2 Å². The Morgan fingerprint density at radius 2 is 2.32 bits per heavy atom. The molecule has 1 N–H and O–H groups in total. The first-order valence-corrected chi connectivity index (χ1v) is 6.83. The molecule has 0 spiro atoms. The van der Waals surface area contributed by atoms with Gasteiger partial charge in [-0.3, -0.25) is 10.1 Å². The van der Waals surface area contributed by atoms with Crippen LogP contribution in [0.5, 0.6) is 0 Å². The topological polar surface area (TPSA) is 55.2 Å². The first-order valence-electron chi connectivity index (χ1n) is 6.83. The Hall–Kier alpha value is -1.68. The Balaban J connectivity index is 1.70. The fourth-order valence-electron chi connectivity index (χ4n) is 3.10. The zero-order valence-corrected chi connectivity index (χ0v) is 10.8. The molecule has 2 fully saturated rings. The average Bonchev–Trinajstić information content (AvgIpc) is 3.03. The van der Waals surface area contributed by atoms with Crippen LogP contribution in [0.1, 0.15) is 30.7 Å². The maximum absolute atomic E-state index is 10.8. The van der Waals surface area contributed by atoms with Crippen molar-refractivity contribution in [1.82, 2.24) is 5.32 Å². The van der Waals surface area contributed by atoms with E-state index < -0.39 is 0 Å². The number of hydrogen-bond donors (Lipinski definition) is 1. The third kappa shape index (κ3) is 2.40. The number of nitro benzene ring substituents is 1. The van der Waals surface area contributed by atoms with E-state index in [1.165, 1.54) is 18.4 Å². The van der Waals surface area contributed by atoms with E-state index in [0.29, 0.717) is 17.9 Å². The molecule has 1 saturated carbocycles.